The molecule has 0 saturated heterocycles. The van der Waals surface area contributed by atoms with Crippen LogP contribution in [0.2, 0.25) is 0 Å². The maximum atomic E-state index is 10.2. The van der Waals surface area contributed by atoms with E-state index in [0.717, 1.165) is 18.5 Å². The Morgan fingerprint density at radius 2 is 1.95 bits per heavy atom. The van der Waals surface area contributed by atoms with Gasteiger partial charge < -0.3 is 10.1 Å². The minimum absolute atomic E-state index is 0.330. The van der Waals surface area contributed by atoms with E-state index < -0.39 is 0 Å². The molecule has 2 aromatic carbocycles. The van der Waals surface area contributed by atoms with E-state index in [2.05, 4.69) is 40.3 Å². The van der Waals surface area contributed by atoms with Crippen molar-refractivity contribution in [1.29, 1.82) is 0 Å². The highest BCUT2D eigenvalue weighted by Gasteiger charge is 2.09. The molecule has 20 heavy (non-hydrogen) atoms. The first-order valence-corrected chi connectivity index (χ1v) is 6.95. The molecular formula is C17H18N2O. The number of rotatable bonds is 5. The van der Waals surface area contributed by atoms with E-state index >= 15 is 0 Å². The van der Waals surface area contributed by atoms with E-state index in [1.807, 2.05) is 18.3 Å². The molecule has 0 bridgehead atoms. The van der Waals surface area contributed by atoms with Crippen molar-refractivity contribution >= 4 is 10.8 Å². The molecule has 3 heteroatoms. The number of nitrogens with zero attached hydrogens (tertiary/aromatic N) is 1. The highest BCUT2D eigenvalue weighted by molar-refractivity contribution is 5.85. The molecule has 1 unspecified atom stereocenters. The molecule has 0 fully saturated rings. The zero-order valence-electron chi connectivity index (χ0n) is 11.3. The fourth-order valence-corrected chi connectivity index (χ4v) is 2.57. The Morgan fingerprint density at radius 1 is 1.10 bits per heavy atom. The predicted molar refractivity (Wildman–Crippen MR) is 80.6 cm³/mol. The van der Waals surface area contributed by atoms with Crippen molar-refractivity contribution in [3.8, 4) is 0 Å². The van der Waals surface area contributed by atoms with Gasteiger partial charge in [0.2, 0.25) is 0 Å². The molecule has 102 valence electrons. The summed E-state index contributed by atoms with van der Waals surface area (Å²) in [5.41, 5.74) is 2.28. The van der Waals surface area contributed by atoms with E-state index in [1.54, 1.807) is 6.33 Å². The Bertz CT molecular complexity index is 671. The smallest absolute Gasteiger partial charge is 0.0921 e. The molecule has 0 radical (unpaired) electrons. The molecule has 0 aliphatic rings. The van der Waals surface area contributed by atoms with Gasteiger partial charge in [-0.25, -0.2) is 4.98 Å². The van der Waals surface area contributed by atoms with E-state index in [0.29, 0.717) is 6.42 Å². The monoisotopic (exact) mass is 266 g/mol. The number of imidazole rings is 1. The zero-order chi connectivity index (χ0) is 13.8. The molecule has 1 atom stereocenters. The van der Waals surface area contributed by atoms with Crippen LogP contribution >= 0.6 is 0 Å². The summed E-state index contributed by atoms with van der Waals surface area (Å²) in [4.78, 5) is 7.05. The number of aromatic nitrogens is 2. The quantitative estimate of drug-likeness (QED) is 0.745. The molecule has 0 aliphatic heterocycles. The fraction of sp³-hybridized carbons (Fsp3) is 0.235. The number of hydrogen-bond donors (Lipinski definition) is 2. The number of fused-ring (bicyclic) bond motifs is 1. The number of aliphatic hydroxyl groups excluding tert-OH is 1. The third kappa shape index (κ3) is 2.89. The summed E-state index contributed by atoms with van der Waals surface area (Å²) in [7, 11) is 0. The zero-order valence-corrected chi connectivity index (χ0v) is 11.3. The van der Waals surface area contributed by atoms with E-state index in [9.17, 15) is 5.11 Å². The van der Waals surface area contributed by atoms with Crippen molar-refractivity contribution in [2.45, 2.75) is 25.4 Å². The summed E-state index contributed by atoms with van der Waals surface area (Å²) in [5.74, 6) is 0. The second kappa shape index (κ2) is 5.88. The third-order valence-electron chi connectivity index (χ3n) is 3.64. The molecule has 1 aromatic heterocycles. The average Bonchev–Trinajstić information content (AvgIpc) is 2.99. The van der Waals surface area contributed by atoms with Crippen molar-refractivity contribution in [1.82, 2.24) is 9.97 Å². The van der Waals surface area contributed by atoms with Gasteiger partial charge in [0.05, 0.1) is 12.4 Å². The standard InChI is InChI=1S/C17H18N2O/c20-16(9-8-15-11-18-12-19-15)10-14-6-3-5-13-4-1-2-7-17(13)14/h1-7,11-12,16,20H,8-10H2,(H,18,19). The normalized spacial score (nSPS) is 12.7. The second-order valence-electron chi connectivity index (χ2n) is 5.11. The topological polar surface area (TPSA) is 48.9 Å². The van der Waals surface area contributed by atoms with Crippen LogP contribution in [0.4, 0.5) is 0 Å². The predicted octanol–water partition coefficient (Wildman–Crippen LogP) is 3.10. The molecule has 0 spiro atoms. The Balaban J connectivity index is 1.69. The van der Waals surface area contributed by atoms with Crippen molar-refractivity contribution in [3.63, 3.8) is 0 Å². The van der Waals surface area contributed by atoms with Crippen LogP contribution < -0.4 is 0 Å². The van der Waals surface area contributed by atoms with Crippen LogP contribution in [-0.2, 0) is 12.8 Å². The van der Waals surface area contributed by atoms with Gasteiger partial charge in [0.25, 0.3) is 0 Å². The van der Waals surface area contributed by atoms with Gasteiger partial charge in [-0.1, -0.05) is 42.5 Å². The Morgan fingerprint density at radius 3 is 2.80 bits per heavy atom. The van der Waals surface area contributed by atoms with Gasteiger partial charge in [0, 0.05) is 11.9 Å². The number of H-pyrrole nitrogens is 1. The third-order valence-corrected chi connectivity index (χ3v) is 3.64. The van der Waals surface area contributed by atoms with Gasteiger partial charge in [-0.05, 0) is 35.6 Å². The molecule has 3 aromatic rings. The van der Waals surface area contributed by atoms with Gasteiger partial charge in [-0.2, -0.15) is 0 Å². The molecule has 0 saturated carbocycles. The molecule has 0 aliphatic carbocycles. The maximum Gasteiger partial charge on any atom is 0.0921 e. The summed E-state index contributed by atoms with van der Waals surface area (Å²) in [5, 5.41) is 12.7. The summed E-state index contributed by atoms with van der Waals surface area (Å²) < 4.78 is 0. The number of hydrogen-bond acceptors (Lipinski definition) is 2. The molecule has 3 rings (SSSR count). The summed E-state index contributed by atoms with van der Waals surface area (Å²) in [6.45, 7) is 0. The van der Waals surface area contributed by atoms with Crippen LogP contribution in [0.1, 0.15) is 17.7 Å². The molecular weight excluding hydrogens is 248 g/mol. The van der Waals surface area contributed by atoms with Gasteiger partial charge in [0.15, 0.2) is 0 Å². The summed E-state index contributed by atoms with van der Waals surface area (Å²) in [6, 6.07) is 14.6. The van der Waals surface area contributed by atoms with Crippen LogP contribution in [0.25, 0.3) is 10.8 Å². The SMILES string of the molecule is OC(CCc1cnc[nH]1)Cc1cccc2ccccc12. The van der Waals surface area contributed by atoms with Crippen LogP contribution in [0, 0.1) is 0 Å². The fourth-order valence-electron chi connectivity index (χ4n) is 2.57. The minimum atomic E-state index is -0.330. The van der Waals surface area contributed by atoms with E-state index in [1.165, 1.54) is 16.3 Å². The lowest BCUT2D eigenvalue weighted by atomic mass is 9.98. The van der Waals surface area contributed by atoms with Crippen LogP contribution in [0.3, 0.4) is 0 Å². The molecule has 2 N–H and O–H groups in total. The summed E-state index contributed by atoms with van der Waals surface area (Å²) >= 11 is 0. The second-order valence-corrected chi connectivity index (χ2v) is 5.11. The Kier molecular flexibility index (Phi) is 3.79. The lowest BCUT2D eigenvalue weighted by Gasteiger charge is -2.12. The molecule has 3 nitrogen and oxygen atoms in total. The molecule has 0 amide bonds. The summed E-state index contributed by atoms with van der Waals surface area (Å²) in [6.07, 6.45) is 5.41. The lowest BCUT2D eigenvalue weighted by molar-refractivity contribution is 0.165. The average molecular weight is 266 g/mol. The first-order chi connectivity index (χ1) is 9.83. The van der Waals surface area contributed by atoms with Crippen molar-refractivity contribution in [2.24, 2.45) is 0 Å². The van der Waals surface area contributed by atoms with Crippen molar-refractivity contribution in [2.75, 3.05) is 0 Å². The van der Waals surface area contributed by atoms with Gasteiger partial charge >= 0.3 is 0 Å². The van der Waals surface area contributed by atoms with Gasteiger partial charge in [-0.3, -0.25) is 0 Å². The first-order valence-electron chi connectivity index (χ1n) is 6.95. The van der Waals surface area contributed by atoms with Crippen LogP contribution in [0.5, 0.6) is 0 Å². The minimum Gasteiger partial charge on any atom is -0.393 e. The van der Waals surface area contributed by atoms with Crippen molar-refractivity contribution < 1.29 is 5.11 Å². The van der Waals surface area contributed by atoms with Crippen molar-refractivity contribution in [3.05, 3.63) is 66.2 Å². The Hall–Kier alpha value is -2.13. The highest BCUT2D eigenvalue weighted by atomic mass is 16.3. The highest BCUT2D eigenvalue weighted by Crippen LogP contribution is 2.20. The lowest BCUT2D eigenvalue weighted by Crippen LogP contribution is -2.12. The number of aromatic amines is 1. The van der Waals surface area contributed by atoms with E-state index in [4.69, 9.17) is 0 Å². The largest absolute Gasteiger partial charge is 0.393 e. The maximum absolute atomic E-state index is 10.2. The Labute approximate surface area is 118 Å². The van der Waals surface area contributed by atoms with Crippen LogP contribution in [0.15, 0.2) is 55.0 Å². The molecule has 1 heterocycles. The van der Waals surface area contributed by atoms with Crippen LogP contribution in [-0.4, -0.2) is 21.2 Å². The number of aryl methyl sites for hydroxylation is 1. The first kappa shape index (κ1) is 12.9. The van der Waals surface area contributed by atoms with Gasteiger partial charge in [-0.15, -0.1) is 0 Å². The number of aliphatic hydroxyl groups is 1. The number of benzene rings is 2. The van der Waals surface area contributed by atoms with Gasteiger partial charge in [0.1, 0.15) is 0 Å². The van der Waals surface area contributed by atoms with E-state index in [-0.39, 0.29) is 6.10 Å². The number of nitrogens with one attached hydrogen (secondary N) is 1.